The summed E-state index contributed by atoms with van der Waals surface area (Å²) in [5, 5.41) is 0. The Balaban J connectivity index is 1.42. The van der Waals surface area contributed by atoms with Crippen LogP contribution in [0.1, 0.15) is 131 Å². The van der Waals surface area contributed by atoms with Gasteiger partial charge >= 0.3 is 0 Å². The second-order valence-corrected chi connectivity index (χ2v) is 14.8. The first kappa shape index (κ1) is 22.3. The summed E-state index contributed by atoms with van der Waals surface area (Å²) in [6, 6.07) is 4.67. The quantitative estimate of drug-likeness (QED) is 0.446. The first-order valence-electron chi connectivity index (χ1n) is 14.6. The fourth-order valence-electron chi connectivity index (χ4n) is 10.0. The van der Waals surface area contributed by atoms with Gasteiger partial charge in [-0.2, -0.15) is 8.42 Å². The summed E-state index contributed by atoms with van der Waals surface area (Å²) in [5.74, 6) is 4.71. The minimum absolute atomic E-state index is 0.0357. The van der Waals surface area contributed by atoms with Crippen LogP contribution in [0.4, 0.5) is 0 Å². The molecule has 186 valence electrons. The SMILES string of the molecule is O=S(=O)(O)c1c(C2CC3CCC2CC3)cc(C2CC3CCC2CC3)cc1C12CCC(CC1)CC2. The summed E-state index contributed by atoms with van der Waals surface area (Å²) in [5.41, 5.74) is 3.48. The molecule has 9 aliphatic rings. The van der Waals surface area contributed by atoms with Crippen LogP contribution < -0.4 is 0 Å². The van der Waals surface area contributed by atoms with Gasteiger partial charge in [0.05, 0.1) is 0 Å². The van der Waals surface area contributed by atoms with E-state index in [9.17, 15) is 13.0 Å². The van der Waals surface area contributed by atoms with Crippen molar-refractivity contribution in [3.63, 3.8) is 0 Å². The summed E-state index contributed by atoms with van der Waals surface area (Å²) in [4.78, 5) is 0.370. The van der Waals surface area contributed by atoms with Crippen molar-refractivity contribution in [2.24, 2.45) is 29.6 Å². The van der Waals surface area contributed by atoms with Crippen molar-refractivity contribution < 1.29 is 13.0 Å². The molecule has 0 radical (unpaired) electrons. The average molecular weight is 483 g/mol. The molecule has 0 spiro atoms. The van der Waals surface area contributed by atoms with Crippen LogP contribution in [0.5, 0.6) is 0 Å². The first-order chi connectivity index (χ1) is 16.4. The lowest BCUT2D eigenvalue weighted by molar-refractivity contribution is 0.128. The standard InChI is InChI=1S/C30H42O3S/c31-34(32,33)29-27(26-16-21-3-7-23(26)8-4-21)17-24(25-15-20-1-5-22(25)6-2-20)18-28(29)30-12-9-19(10-13-30)11-14-30/h17-23,25-26H,1-16H2,(H,31,32,33). The monoisotopic (exact) mass is 482 g/mol. The molecule has 0 heterocycles. The number of fused-ring (bicyclic) bond motifs is 9. The van der Waals surface area contributed by atoms with E-state index in [0.717, 1.165) is 60.5 Å². The average Bonchev–Trinajstić information content (AvgIpc) is 2.90. The maximum absolute atomic E-state index is 13.2. The molecule has 6 bridgehead atoms. The molecule has 1 N–H and O–H groups in total. The topological polar surface area (TPSA) is 54.4 Å². The fraction of sp³-hybridized carbons (Fsp3) is 0.800. The summed E-state index contributed by atoms with van der Waals surface area (Å²) < 4.78 is 37.2. The Labute approximate surface area is 206 Å². The Morgan fingerprint density at radius 1 is 0.676 bits per heavy atom. The van der Waals surface area contributed by atoms with Crippen LogP contribution in [0.15, 0.2) is 17.0 Å². The summed E-state index contributed by atoms with van der Waals surface area (Å²) >= 11 is 0. The number of hydrogen-bond donors (Lipinski definition) is 1. The fourth-order valence-corrected chi connectivity index (χ4v) is 11.1. The lowest BCUT2D eigenvalue weighted by atomic mass is 9.56. The molecule has 34 heavy (non-hydrogen) atoms. The second kappa shape index (κ2) is 8.07. The number of rotatable bonds is 4. The highest BCUT2D eigenvalue weighted by atomic mass is 32.2. The first-order valence-corrected chi connectivity index (χ1v) is 16.0. The molecular formula is C30H42O3S. The molecule has 9 aliphatic carbocycles. The maximum atomic E-state index is 13.2. The number of hydrogen-bond acceptors (Lipinski definition) is 2. The van der Waals surface area contributed by atoms with Gasteiger partial charge in [-0.1, -0.05) is 37.8 Å². The van der Waals surface area contributed by atoms with Crippen LogP contribution in [-0.2, 0) is 15.5 Å². The Morgan fingerprint density at radius 2 is 1.21 bits per heavy atom. The van der Waals surface area contributed by atoms with E-state index in [1.165, 1.54) is 82.6 Å². The second-order valence-electron chi connectivity index (χ2n) is 13.5. The Hall–Kier alpha value is -0.870. The maximum Gasteiger partial charge on any atom is 0.295 e. The minimum atomic E-state index is -4.27. The largest absolute Gasteiger partial charge is 0.295 e. The zero-order valence-electron chi connectivity index (χ0n) is 20.7. The molecule has 3 nitrogen and oxygen atoms in total. The molecule has 0 amide bonds. The Morgan fingerprint density at radius 3 is 1.68 bits per heavy atom. The smallest absolute Gasteiger partial charge is 0.282 e. The van der Waals surface area contributed by atoms with Gasteiger partial charge in [0, 0.05) is 0 Å². The van der Waals surface area contributed by atoms with Gasteiger partial charge in [-0.15, -0.1) is 0 Å². The molecule has 0 saturated heterocycles. The predicted octanol–water partition coefficient (Wildman–Crippen LogP) is 7.74. The molecule has 2 unspecified atom stereocenters. The molecule has 1 aromatic carbocycles. The predicted molar refractivity (Wildman–Crippen MR) is 135 cm³/mol. The van der Waals surface area contributed by atoms with Crippen molar-refractivity contribution in [1.29, 1.82) is 0 Å². The van der Waals surface area contributed by atoms with Crippen molar-refractivity contribution in [1.82, 2.24) is 0 Å². The number of benzene rings is 1. The highest BCUT2D eigenvalue weighted by molar-refractivity contribution is 7.86. The van der Waals surface area contributed by atoms with Gasteiger partial charge in [-0.3, -0.25) is 4.55 Å². The van der Waals surface area contributed by atoms with E-state index in [2.05, 4.69) is 12.1 Å². The third kappa shape index (κ3) is 3.56. The van der Waals surface area contributed by atoms with Crippen LogP contribution in [0.25, 0.3) is 0 Å². The van der Waals surface area contributed by atoms with Crippen molar-refractivity contribution in [3.8, 4) is 0 Å². The summed E-state index contributed by atoms with van der Waals surface area (Å²) in [6.07, 6.45) is 20.0. The van der Waals surface area contributed by atoms with Crippen LogP contribution in [0.2, 0.25) is 0 Å². The normalized spacial score (nSPS) is 43.4. The van der Waals surface area contributed by atoms with Gasteiger partial charge in [0.1, 0.15) is 4.90 Å². The zero-order chi connectivity index (χ0) is 23.1. The third-order valence-corrected chi connectivity index (χ3v) is 13.0. The van der Waals surface area contributed by atoms with Crippen LogP contribution in [0.3, 0.4) is 0 Å². The van der Waals surface area contributed by atoms with Crippen LogP contribution in [-0.4, -0.2) is 13.0 Å². The van der Waals surface area contributed by atoms with E-state index >= 15 is 0 Å². The van der Waals surface area contributed by atoms with Gasteiger partial charge in [0.25, 0.3) is 10.1 Å². The van der Waals surface area contributed by atoms with E-state index in [0.29, 0.717) is 22.6 Å². The molecule has 0 aliphatic heterocycles. The van der Waals surface area contributed by atoms with E-state index in [1.807, 2.05) is 0 Å². The highest BCUT2D eigenvalue weighted by Gasteiger charge is 2.47. The molecule has 1 aromatic rings. The summed E-state index contributed by atoms with van der Waals surface area (Å²) in [7, 11) is -4.27. The molecular weight excluding hydrogens is 440 g/mol. The van der Waals surface area contributed by atoms with Gasteiger partial charge in [-0.25, -0.2) is 0 Å². The van der Waals surface area contributed by atoms with Gasteiger partial charge in [0.15, 0.2) is 0 Å². The molecule has 0 aromatic heterocycles. The van der Waals surface area contributed by atoms with E-state index in [-0.39, 0.29) is 5.41 Å². The van der Waals surface area contributed by atoms with Gasteiger partial charge in [0.2, 0.25) is 0 Å². The molecule has 4 heteroatoms. The lowest BCUT2D eigenvalue weighted by Gasteiger charge is -2.49. The van der Waals surface area contributed by atoms with Crippen LogP contribution >= 0.6 is 0 Å². The zero-order valence-corrected chi connectivity index (χ0v) is 21.5. The van der Waals surface area contributed by atoms with Crippen molar-refractivity contribution >= 4 is 10.1 Å². The van der Waals surface area contributed by atoms with Crippen molar-refractivity contribution in [3.05, 3.63) is 28.8 Å². The third-order valence-electron chi connectivity index (χ3n) is 12.0. The van der Waals surface area contributed by atoms with Crippen LogP contribution in [0, 0.1) is 29.6 Å². The Bertz CT molecular complexity index is 1040. The molecule has 2 atom stereocenters. The van der Waals surface area contributed by atoms with E-state index < -0.39 is 10.1 Å². The molecule has 9 saturated carbocycles. The van der Waals surface area contributed by atoms with Gasteiger partial charge in [-0.05, 0) is 141 Å². The highest BCUT2D eigenvalue weighted by Crippen LogP contribution is 2.58. The minimum Gasteiger partial charge on any atom is -0.282 e. The van der Waals surface area contributed by atoms with E-state index in [1.54, 1.807) is 0 Å². The van der Waals surface area contributed by atoms with E-state index in [4.69, 9.17) is 0 Å². The lowest BCUT2D eigenvalue weighted by Crippen LogP contribution is -2.40. The Kier molecular flexibility index (Phi) is 5.30. The molecule has 9 fully saturated rings. The van der Waals surface area contributed by atoms with Gasteiger partial charge < -0.3 is 0 Å². The van der Waals surface area contributed by atoms with Crippen molar-refractivity contribution in [2.75, 3.05) is 0 Å². The molecule has 10 rings (SSSR count). The summed E-state index contributed by atoms with van der Waals surface area (Å²) in [6.45, 7) is 0. The van der Waals surface area contributed by atoms with Crippen molar-refractivity contribution in [2.45, 2.75) is 125 Å².